The smallest absolute Gasteiger partial charge is 0.248 e. The van der Waals surface area contributed by atoms with Crippen LogP contribution in [-0.4, -0.2) is 25.0 Å². The second-order valence-corrected chi connectivity index (χ2v) is 10.2. The maximum atomic E-state index is 12.8. The van der Waals surface area contributed by atoms with Gasteiger partial charge in [-0.25, -0.2) is 8.42 Å². The van der Waals surface area contributed by atoms with E-state index in [2.05, 4.69) is 13.8 Å². The highest BCUT2D eigenvalue weighted by Gasteiger charge is 2.29. The van der Waals surface area contributed by atoms with E-state index in [0.717, 1.165) is 11.2 Å². The number of ether oxygens (including phenoxy) is 2. The van der Waals surface area contributed by atoms with Gasteiger partial charge in [0.2, 0.25) is 21.2 Å². The maximum Gasteiger partial charge on any atom is 0.248 e. The average Bonchev–Trinajstić information content (AvgIpc) is 2.69. The topological polar surface area (TPSA) is 95.7 Å². The lowest BCUT2D eigenvalue weighted by atomic mass is 10.2. The lowest BCUT2D eigenvalue weighted by Crippen LogP contribution is -2.25. The Morgan fingerprint density at radius 3 is 2.21 bits per heavy atom. The van der Waals surface area contributed by atoms with Gasteiger partial charge in [-0.2, -0.15) is 0 Å². The van der Waals surface area contributed by atoms with Crippen molar-refractivity contribution in [3.05, 3.63) is 72.5 Å². The predicted octanol–water partition coefficient (Wildman–Crippen LogP) is 4.03. The Morgan fingerprint density at radius 1 is 1.07 bits per heavy atom. The van der Waals surface area contributed by atoms with Gasteiger partial charge in [-0.15, -0.1) is 11.8 Å². The molecule has 2 aromatic rings. The average molecular weight is 432 g/mol. The fraction of sp³-hybridized carbons (Fsp3) is 0.190. The molecule has 2 N–H and O–H groups in total. The molecule has 0 radical (unpaired) electrons. The zero-order valence-electron chi connectivity index (χ0n) is 15.9. The molecule has 8 heteroatoms. The second-order valence-electron chi connectivity index (χ2n) is 6.55. The zero-order chi connectivity index (χ0) is 21.0. The minimum atomic E-state index is -3.85. The van der Waals surface area contributed by atoms with E-state index in [4.69, 9.17) is 15.2 Å². The van der Waals surface area contributed by atoms with Crippen LogP contribution in [0.3, 0.4) is 0 Å². The molecule has 1 amide bonds. The van der Waals surface area contributed by atoms with Crippen LogP contribution in [0.5, 0.6) is 11.5 Å². The van der Waals surface area contributed by atoms with Crippen molar-refractivity contribution < 1.29 is 22.7 Å². The molecule has 2 aromatic carbocycles. The molecule has 152 valence electrons. The minimum absolute atomic E-state index is 0.0499. The number of amides is 1. The van der Waals surface area contributed by atoms with Gasteiger partial charge < -0.3 is 15.2 Å². The summed E-state index contributed by atoms with van der Waals surface area (Å²) in [4.78, 5) is 12.5. The number of sulfone groups is 1. The number of thioether (sulfide) groups is 1. The molecular weight excluding hydrogens is 410 g/mol. The monoisotopic (exact) mass is 431 g/mol. The molecule has 0 saturated carbocycles. The minimum Gasteiger partial charge on any atom is -0.478 e. The van der Waals surface area contributed by atoms with Gasteiger partial charge in [-0.05, 0) is 60.7 Å². The number of benzene rings is 2. The largest absolute Gasteiger partial charge is 0.478 e. The summed E-state index contributed by atoms with van der Waals surface area (Å²) in [7, 11) is -3.85. The van der Waals surface area contributed by atoms with E-state index in [1.807, 2.05) is 24.3 Å². The SMILES string of the molecule is CC(C)Sc1ccc(Oc2ccc(S(=O)(=O)C3C=C(C(N)=O)C=CO3)cc2)cc1. The Bertz CT molecular complexity index is 1040. The standard InChI is InChI=1S/C21H21NO5S2/c1-14(2)28-18-7-3-16(4-8-18)27-17-5-9-19(10-6-17)29(24,25)20-13-15(21(22)23)11-12-26-20/h3-14,20H,1-2H3,(H2,22,23). The van der Waals surface area contributed by atoms with E-state index in [-0.39, 0.29) is 10.5 Å². The van der Waals surface area contributed by atoms with Crippen LogP contribution in [-0.2, 0) is 19.4 Å². The molecule has 0 spiro atoms. The van der Waals surface area contributed by atoms with Gasteiger partial charge in [-0.1, -0.05) is 13.8 Å². The zero-order valence-corrected chi connectivity index (χ0v) is 17.6. The molecule has 1 unspecified atom stereocenters. The lowest BCUT2D eigenvalue weighted by molar-refractivity contribution is -0.114. The van der Waals surface area contributed by atoms with Crippen molar-refractivity contribution in [3.8, 4) is 11.5 Å². The van der Waals surface area contributed by atoms with Gasteiger partial charge in [0, 0.05) is 15.7 Å². The molecule has 0 aromatic heterocycles. The van der Waals surface area contributed by atoms with Crippen LogP contribution in [0.15, 0.2) is 82.3 Å². The van der Waals surface area contributed by atoms with E-state index >= 15 is 0 Å². The molecule has 1 atom stereocenters. The molecular formula is C21H21NO5S2. The van der Waals surface area contributed by atoms with Crippen LogP contribution in [0, 0.1) is 0 Å². The highest BCUT2D eigenvalue weighted by Crippen LogP contribution is 2.29. The molecule has 1 heterocycles. The molecule has 0 aliphatic carbocycles. The van der Waals surface area contributed by atoms with Gasteiger partial charge in [0.1, 0.15) is 11.5 Å². The highest BCUT2D eigenvalue weighted by atomic mass is 32.2. The van der Waals surface area contributed by atoms with E-state index in [1.165, 1.54) is 24.3 Å². The van der Waals surface area contributed by atoms with Crippen molar-refractivity contribution >= 4 is 27.5 Å². The normalized spacial score (nSPS) is 16.2. The van der Waals surface area contributed by atoms with Crippen LogP contribution in [0.1, 0.15) is 13.8 Å². The van der Waals surface area contributed by atoms with E-state index in [9.17, 15) is 13.2 Å². The van der Waals surface area contributed by atoms with Gasteiger partial charge in [0.15, 0.2) is 0 Å². The van der Waals surface area contributed by atoms with Crippen LogP contribution < -0.4 is 10.5 Å². The van der Waals surface area contributed by atoms with E-state index < -0.39 is 21.2 Å². The number of carbonyl (C=O) groups excluding carboxylic acids is 1. The van der Waals surface area contributed by atoms with E-state index in [0.29, 0.717) is 16.7 Å². The summed E-state index contributed by atoms with van der Waals surface area (Å²) in [6.45, 7) is 4.26. The summed E-state index contributed by atoms with van der Waals surface area (Å²) in [6.07, 6.45) is 3.68. The first-order chi connectivity index (χ1) is 13.8. The first-order valence-corrected chi connectivity index (χ1v) is 11.3. The molecule has 0 bridgehead atoms. The van der Waals surface area contributed by atoms with Crippen LogP contribution in [0.4, 0.5) is 0 Å². The Hall–Kier alpha value is -2.71. The van der Waals surface area contributed by atoms with Crippen molar-refractivity contribution in [1.29, 1.82) is 0 Å². The summed E-state index contributed by atoms with van der Waals surface area (Å²) in [5, 5.41) is 0.494. The number of primary amides is 1. The summed E-state index contributed by atoms with van der Waals surface area (Å²) in [5.74, 6) is 0.445. The molecule has 1 aliphatic heterocycles. The number of hydrogen-bond acceptors (Lipinski definition) is 6. The first-order valence-electron chi connectivity index (χ1n) is 8.88. The van der Waals surface area contributed by atoms with Crippen molar-refractivity contribution in [1.82, 2.24) is 0 Å². The van der Waals surface area contributed by atoms with Gasteiger partial charge in [0.25, 0.3) is 0 Å². The Morgan fingerprint density at radius 2 is 1.66 bits per heavy atom. The quantitative estimate of drug-likeness (QED) is 0.665. The lowest BCUT2D eigenvalue weighted by Gasteiger charge is -2.18. The van der Waals surface area contributed by atoms with Crippen molar-refractivity contribution in [2.45, 2.75) is 34.3 Å². The molecule has 29 heavy (non-hydrogen) atoms. The van der Waals surface area contributed by atoms with Gasteiger partial charge in [-0.3, -0.25) is 4.79 Å². The molecule has 0 saturated heterocycles. The highest BCUT2D eigenvalue weighted by molar-refractivity contribution is 7.99. The molecule has 3 rings (SSSR count). The van der Waals surface area contributed by atoms with Crippen molar-refractivity contribution in [2.24, 2.45) is 5.73 Å². The summed E-state index contributed by atoms with van der Waals surface area (Å²) in [5.41, 5.74) is 3.99. The third-order valence-electron chi connectivity index (χ3n) is 3.95. The third kappa shape index (κ3) is 5.21. The van der Waals surface area contributed by atoms with Gasteiger partial charge >= 0.3 is 0 Å². The number of hydrogen-bond donors (Lipinski definition) is 1. The Kier molecular flexibility index (Phi) is 6.34. The van der Waals surface area contributed by atoms with Crippen LogP contribution in [0.2, 0.25) is 0 Å². The number of rotatable bonds is 7. The Balaban J connectivity index is 1.73. The molecule has 1 aliphatic rings. The first kappa shape index (κ1) is 21.0. The predicted molar refractivity (Wildman–Crippen MR) is 112 cm³/mol. The Labute approximate surface area is 174 Å². The van der Waals surface area contributed by atoms with E-state index in [1.54, 1.807) is 23.9 Å². The second kappa shape index (κ2) is 8.75. The number of nitrogens with two attached hydrogens (primary N) is 1. The maximum absolute atomic E-state index is 12.8. The fourth-order valence-electron chi connectivity index (χ4n) is 2.58. The summed E-state index contributed by atoms with van der Waals surface area (Å²) < 4.78 is 36.4. The number of carbonyl (C=O) groups is 1. The van der Waals surface area contributed by atoms with Crippen molar-refractivity contribution in [2.75, 3.05) is 0 Å². The van der Waals surface area contributed by atoms with Crippen LogP contribution >= 0.6 is 11.8 Å². The summed E-state index contributed by atoms with van der Waals surface area (Å²) in [6, 6.07) is 13.7. The van der Waals surface area contributed by atoms with Crippen molar-refractivity contribution in [3.63, 3.8) is 0 Å². The van der Waals surface area contributed by atoms with Gasteiger partial charge in [0.05, 0.1) is 11.2 Å². The third-order valence-corrected chi connectivity index (χ3v) is 6.75. The summed E-state index contributed by atoms with van der Waals surface area (Å²) >= 11 is 1.76. The molecule has 0 fully saturated rings. The fourth-order valence-corrected chi connectivity index (χ4v) is 4.74. The molecule has 6 nitrogen and oxygen atoms in total. The van der Waals surface area contributed by atoms with Crippen LogP contribution in [0.25, 0.3) is 0 Å².